The van der Waals surface area contributed by atoms with Crippen LogP contribution in [0.15, 0.2) is 12.4 Å². The molecular formula is C19H26N4O2. The summed E-state index contributed by atoms with van der Waals surface area (Å²) in [5, 5.41) is 0. The number of rotatable bonds is 5. The maximum atomic E-state index is 12.9. The maximum absolute atomic E-state index is 12.9. The zero-order valence-electron chi connectivity index (χ0n) is 14.7. The van der Waals surface area contributed by atoms with Crippen LogP contribution in [-0.2, 0) is 4.79 Å². The molecule has 2 saturated heterocycles. The first-order valence-electron chi connectivity index (χ1n) is 9.63. The molecule has 25 heavy (non-hydrogen) atoms. The molecule has 2 aliphatic heterocycles. The molecule has 134 valence electrons. The van der Waals surface area contributed by atoms with Crippen LogP contribution in [0, 0.1) is 0 Å². The summed E-state index contributed by atoms with van der Waals surface area (Å²) in [5.74, 6) is 1.68. The minimum Gasteiger partial charge on any atom is -0.343 e. The van der Waals surface area contributed by atoms with Gasteiger partial charge in [-0.2, -0.15) is 0 Å². The van der Waals surface area contributed by atoms with Crippen molar-refractivity contribution in [2.75, 3.05) is 19.6 Å². The molecule has 0 unspecified atom stereocenters. The van der Waals surface area contributed by atoms with E-state index in [9.17, 15) is 9.59 Å². The lowest BCUT2D eigenvalue weighted by molar-refractivity contribution is -0.127. The fourth-order valence-electron chi connectivity index (χ4n) is 3.98. The van der Waals surface area contributed by atoms with E-state index in [1.54, 1.807) is 12.4 Å². The van der Waals surface area contributed by atoms with Crippen LogP contribution in [0.3, 0.4) is 0 Å². The number of piperidine rings is 1. The summed E-state index contributed by atoms with van der Waals surface area (Å²) >= 11 is 0. The molecule has 6 heteroatoms. The van der Waals surface area contributed by atoms with Crippen molar-refractivity contribution in [3.05, 3.63) is 23.8 Å². The van der Waals surface area contributed by atoms with Gasteiger partial charge in [0.05, 0.1) is 5.56 Å². The zero-order valence-corrected chi connectivity index (χ0v) is 14.7. The molecule has 0 spiro atoms. The van der Waals surface area contributed by atoms with Gasteiger partial charge < -0.3 is 9.80 Å². The van der Waals surface area contributed by atoms with E-state index in [4.69, 9.17) is 0 Å². The standard InChI is InChI=1S/C19H26N4O2/c24-17-5-3-9-22(17)11-8-16-4-1-2-10-23(16)19(25)15-12-20-18(21-13-15)14-6-7-14/h12-14,16H,1-11H2/t16-/m0/s1. The highest BCUT2D eigenvalue weighted by atomic mass is 16.2. The average Bonchev–Trinajstić information content (AvgIpc) is 3.42. The largest absolute Gasteiger partial charge is 0.343 e. The van der Waals surface area contributed by atoms with E-state index >= 15 is 0 Å². The van der Waals surface area contributed by atoms with Gasteiger partial charge in [0.25, 0.3) is 5.91 Å². The number of nitrogens with zero attached hydrogens (tertiary/aromatic N) is 4. The second-order valence-corrected chi connectivity index (χ2v) is 7.53. The van der Waals surface area contributed by atoms with Crippen LogP contribution in [-0.4, -0.2) is 57.3 Å². The summed E-state index contributed by atoms with van der Waals surface area (Å²) in [6.45, 7) is 2.43. The summed E-state index contributed by atoms with van der Waals surface area (Å²) in [4.78, 5) is 37.5. The molecule has 1 aromatic heterocycles. The molecule has 1 atom stereocenters. The van der Waals surface area contributed by atoms with Crippen molar-refractivity contribution in [1.82, 2.24) is 19.8 Å². The summed E-state index contributed by atoms with van der Waals surface area (Å²) < 4.78 is 0. The number of carbonyl (C=O) groups excluding carboxylic acids is 2. The van der Waals surface area contributed by atoms with Crippen LogP contribution in [0.5, 0.6) is 0 Å². The van der Waals surface area contributed by atoms with Crippen LogP contribution in [0.4, 0.5) is 0 Å². The minimum absolute atomic E-state index is 0.0415. The molecule has 1 aliphatic carbocycles. The van der Waals surface area contributed by atoms with Crippen molar-refractivity contribution < 1.29 is 9.59 Å². The van der Waals surface area contributed by atoms with Gasteiger partial charge in [-0.25, -0.2) is 9.97 Å². The minimum atomic E-state index is 0.0415. The highest BCUT2D eigenvalue weighted by molar-refractivity contribution is 5.93. The molecule has 6 nitrogen and oxygen atoms in total. The van der Waals surface area contributed by atoms with Crippen molar-refractivity contribution in [3.8, 4) is 0 Å². The second kappa shape index (κ2) is 7.10. The highest BCUT2D eigenvalue weighted by Crippen LogP contribution is 2.37. The van der Waals surface area contributed by atoms with E-state index in [2.05, 4.69) is 9.97 Å². The Morgan fingerprint density at radius 3 is 2.56 bits per heavy atom. The first-order valence-corrected chi connectivity index (χ1v) is 9.63. The molecule has 0 bridgehead atoms. The van der Waals surface area contributed by atoms with Crippen molar-refractivity contribution in [1.29, 1.82) is 0 Å². The topological polar surface area (TPSA) is 66.4 Å². The summed E-state index contributed by atoms with van der Waals surface area (Å²) in [7, 11) is 0. The van der Waals surface area contributed by atoms with Crippen molar-refractivity contribution >= 4 is 11.8 Å². The van der Waals surface area contributed by atoms with E-state index in [1.165, 1.54) is 0 Å². The Morgan fingerprint density at radius 1 is 1.08 bits per heavy atom. The Morgan fingerprint density at radius 2 is 1.88 bits per heavy atom. The Balaban J connectivity index is 1.40. The van der Waals surface area contributed by atoms with Gasteiger partial charge in [0, 0.05) is 50.4 Å². The van der Waals surface area contributed by atoms with E-state index in [-0.39, 0.29) is 17.9 Å². The van der Waals surface area contributed by atoms with Crippen LogP contribution < -0.4 is 0 Å². The highest BCUT2D eigenvalue weighted by Gasteiger charge is 2.30. The van der Waals surface area contributed by atoms with E-state index in [1.807, 2.05) is 9.80 Å². The third-order valence-corrected chi connectivity index (χ3v) is 5.65. The fourth-order valence-corrected chi connectivity index (χ4v) is 3.98. The number of hydrogen-bond acceptors (Lipinski definition) is 4. The zero-order chi connectivity index (χ0) is 17.2. The summed E-state index contributed by atoms with van der Waals surface area (Å²) in [6, 6.07) is 0.220. The van der Waals surface area contributed by atoms with Gasteiger partial charge >= 0.3 is 0 Å². The van der Waals surface area contributed by atoms with Crippen molar-refractivity contribution in [3.63, 3.8) is 0 Å². The molecule has 4 rings (SSSR count). The van der Waals surface area contributed by atoms with Gasteiger partial charge in [-0.1, -0.05) is 0 Å². The summed E-state index contributed by atoms with van der Waals surface area (Å²) in [6.07, 6.45) is 11.5. The molecule has 1 saturated carbocycles. The van der Waals surface area contributed by atoms with E-state index in [0.717, 1.165) is 70.4 Å². The first kappa shape index (κ1) is 16.5. The maximum Gasteiger partial charge on any atom is 0.257 e. The second-order valence-electron chi connectivity index (χ2n) is 7.53. The lowest BCUT2D eigenvalue weighted by Crippen LogP contribution is -2.45. The van der Waals surface area contributed by atoms with Crippen molar-refractivity contribution in [2.45, 2.75) is 63.3 Å². The lowest BCUT2D eigenvalue weighted by atomic mass is 9.98. The van der Waals surface area contributed by atoms with E-state index < -0.39 is 0 Å². The lowest BCUT2D eigenvalue weighted by Gasteiger charge is -2.36. The number of likely N-dealkylation sites (tertiary alicyclic amines) is 2. The van der Waals surface area contributed by atoms with Crippen molar-refractivity contribution in [2.24, 2.45) is 0 Å². The molecule has 3 heterocycles. The molecule has 0 radical (unpaired) electrons. The van der Waals surface area contributed by atoms with Gasteiger partial charge in [-0.3, -0.25) is 9.59 Å². The first-order chi connectivity index (χ1) is 12.2. The third-order valence-electron chi connectivity index (χ3n) is 5.65. The molecule has 3 fully saturated rings. The normalized spacial score (nSPS) is 24.0. The van der Waals surface area contributed by atoms with Gasteiger partial charge in [0.2, 0.25) is 5.91 Å². The monoisotopic (exact) mass is 342 g/mol. The Bertz CT molecular complexity index is 641. The quantitative estimate of drug-likeness (QED) is 0.824. The van der Waals surface area contributed by atoms with Gasteiger partial charge in [-0.05, 0) is 44.9 Å². The Labute approximate surface area is 148 Å². The van der Waals surface area contributed by atoms with Crippen LogP contribution in [0.25, 0.3) is 0 Å². The molecule has 2 amide bonds. The molecule has 1 aromatic rings. The smallest absolute Gasteiger partial charge is 0.257 e. The fraction of sp³-hybridized carbons (Fsp3) is 0.684. The third kappa shape index (κ3) is 3.67. The van der Waals surface area contributed by atoms with Gasteiger partial charge in [0.15, 0.2) is 0 Å². The van der Waals surface area contributed by atoms with Crippen LogP contribution in [0.1, 0.15) is 73.5 Å². The number of carbonyl (C=O) groups is 2. The predicted molar refractivity (Wildman–Crippen MR) is 93.1 cm³/mol. The molecular weight excluding hydrogens is 316 g/mol. The van der Waals surface area contributed by atoms with E-state index in [0.29, 0.717) is 17.9 Å². The van der Waals surface area contributed by atoms with Crippen LogP contribution >= 0.6 is 0 Å². The van der Waals surface area contributed by atoms with Crippen LogP contribution in [0.2, 0.25) is 0 Å². The number of aromatic nitrogens is 2. The van der Waals surface area contributed by atoms with Gasteiger partial charge in [0.1, 0.15) is 5.82 Å². The Kier molecular flexibility index (Phi) is 4.68. The summed E-state index contributed by atoms with van der Waals surface area (Å²) in [5.41, 5.74) is 0.591. The number of amides is 2. The Hall–Kier alpha value is -1.98. The number of hydrogen-bond donors (Lipinski definition) is 0. The van der Waals surface area contributed by atoms with Gasteiger partial charge in [-0.15, -0.1) is 0 Å². The molecule has 0 aromatic carbocycles. The average molecular weight is 342 g/mol. The predicted octanol–water partition coefficient (Wildman–Crippen LogP) is 2.36. The SMILES string of the molecule is O=C1CCCN1CC[C@@H]1CCCCN1C(=O)c1cnc(C2CC2)nc1. The molecule has 0 N–H and O–H groups in total. The molecule has 3 aliphatic rings.